The average molecular weight is 193 g/mol. The fourth-order valence-electron chi connectivity index (χ4n) is 1.47. The Hall–Kier alpha value is -0.240. The van der Waals surface area contributed by atoms with Crippen molar-refractivity contribution >= 4 is 0 Å². The molecule has 0 spiro atoms. The molecule has 6 nitrogen and oxygen atoms in total. The Morgan fingerprint density at radius 1 is 0.769 bits per heavy atom. The molecule has 0 bridgehead atoms. The first kappa shape index (κ1) is 10.8. The molecule has 1 heterocycles. The van der Waals surface area contributed by atoms with E-state index in [1.165, 1.54) is 0 Å². The van der Waals surface area contributed by atoms with Crippen molar-refractivity contribution in [3.8, 4) is 0 Å². The molecule has 0 aromatic rings. The summed E-state index contributed by atoms with van der Waals surface area (Å²) < 4.78 is 0. The van der Waals surface area contributed by atoms with E-state index in [0.29, 0.717) is 0 Å². The van der Waals surface area contributed by atoms with Crippen LogP contribution in [0.25, 0.3) is 0 Å². The molecule has 78 valence electrons. The molecule has 0 saturated carbocycles. The second-order valence-electron chi connectivity index (χ2n) is 3.22. The molecule has 4 atom stereocenters. The van der Waals surface area contributed by atoms with Crippen molar-refractivity contribution in [1.29, 1.82) is 0 Å². The normalized spacial score (nSPS) is 46.4. The van der Waals surface area contributed by atoms with Gasteiger partial charge >= 0.3 is 0 Å². The maximum atomic E-state index is 9.31. The Labute approximate surface area is 75.4 Å². The van der Waals surface area contributed by atoms with Crippen molar-refractivity contribution < 1.29 is 25.5 Å². The SMILES string of the molecule is OC[C@@H]1N[C@@H](CO)[C@@H](O)C(O)[C@@H]1O. The van der Waals surface area contributed by atoms with Gasteiger partial charge in [-0.1, -0.05) is 0 Å². The molecule has 6 heteroatoms. The van der Waals surface area contributed by atoms with E-state index in [-0.39, 0.29) is 13.2 Å². The number of aliphatic hydroxyl groups excluding tert-OH is 5. The molecular formula is C7H15NO5. The van der Waals surface area contributed by atoms with Crippen molar-refractivity contribution in [3.63, 3.8) is 0 Å². The molecule has 1 fully saturated rings. The standard InChI is InChI=1S/C7H15NO5/c9-1-3-5(11)7(13)6(12)4(2-10)8-3/h3-13H,1-2H2/t3-,4-,5+,6+/m0/s1. The molecular weight excluding hydrogens is 178 g/mol. The zero-order chi connectivity index (χ0) is 10.0. The second-order valence-corrected chi connectivity index (χ2v) is 3.22. The summed E-state index contributed by atoms with van der Waals surface area (Å²) in [7, 11) is 0. The zero-order valence-electron chi connectivity index (χ0n) is 7.04. The predicted molar refractivity (Wildman–Crippen MR) is 42.9 cm³/mol. The monoisotopic (exact) mass is 193 g/mol. The van der Waals surface area contributed by atoms with Gasteiger partial charge in [-0.25, -0.2) is 0 Å². The maximum Gasteiger partial charge on any atom is 0.109 e. The summed E-state index contributed by atoms with van der Waals surface area (Å²) >= 11 is 0. The van der Waals surface area contributed by atoms with Crippen LogP contribution >= 0.6 is 0 Å². The van der Waals surface area contributed by atoms with Crippen molar-refractivity contribution in [1.82, 2.24) is 5.32 Å². The summed E-state index contributed by atoms with van der Waals surface area (Å²) in [5, 5.41) is 48.1. The van der Waals surface area contributed by atoms with Gasteiger partial charge in [0, 0.05) is 0 Å². The first-order valence-corrected chi connectivity index (χ1v) is 4.13. The summed E-state index contributed by atoms with van der Waals surface area (Å²) in [5.74, 6) is 0. The lowest BCUT2D eigenvalue weighted by Gasteiger charge is -2.40. The summed E-state index contributed by atoms with van der Waals surface area (Å²) in [4.78, 5) is 0. The van der Waals surface area contributed by atoms with E-state index in [4.69, 9.17) is 10.2 Å². The quantitative estimate of drug-likeness (QED) is 0.270. The largest absolute Gasteiger partial charge is 0.395 e. The van der Waals surface area contributed by atoms with Crippen LogP contribution in [-0.4, -0.2) is 69.1 Å². The number of hydrogen-bond acceptors (Lipinski definition) is 6. The molecule has 0 radical (unpaired) electrons. The van der Waals surface area contributed by atoms with Gasteiger partial charge in [-0.05, 0) is 0 Å². The minimum absolute atomic E-state index is 0.360. The average Bonchev–Trinajstić information content (AvgIpc) is 2.15. The topological polar surface area (TPSA) is 113 Å². The summed E-state index contributed by atoms with van der Waals surface area (Å²) in [6.45, 7) is -0.719. The number of hydrogen-bond donors (Lipinski definition) is 6. The third-order valence-corrected chi connectivity index (χ3v) is 2.35. The van der Waals surface area contributed by atoms with Crippen molar-refractivity contribution in [2.75, 3.05) is 13.2 Å². The van der Waals surface area contributed by atoms with Crippen LogP contribution in [0, 0.1) is 0 Å². The third-order valence-electron chi connectivity index (χ3n) is 2.35. The first-order valence-electron chi connectivity index (χ1n) is 4.13. The van der Waals surface area contributed by atoms with Crippen LogP contribution in [0.2, 0.25) is 0 Å². The van der Waals surface area contributed by atoms with Crippen LogP contribution in [0.3, 0.4) is 0 Å². The minimum atomic E-state index is -1.34. The van der Waals surface area contributed by atoms with E-state index in [9.17, 15) is 15.3 Å². The van der Waals surface area contributed by atoms with Gasteiger partial charge in [0.05, 0.1) is 37.5 Å². The molecule has 1 rings (SSSR count). The lowest BCUT2D eigenvalue weighted by atomic mass is 9.91. The smallest absolute Gasteiger partial charge is 0.109 e. The predicted octanol–water partition coefficient (Wildman–Crippen LogP) is -3.61. The fourth-order valence-corrected chi connectivity index (χ4v) is 1.47. The van der Waals surface area contributed by atoms with Crippen LogP contribution in [-0.2, 0) is 0 Å². The summed E-state index contributed by atoms with van der Waals surface area (Å²) in [5.41, 5.74) is 0. The molecule has 0 amide bonds. The molecule has 0 unspecified atom stereocenters. The number of nitrogens with one attached hydrogen (secondary N) is 1. The Bertz CT molecular complexity index is 147. The molecule has 13 heavy (non-hydrogen) atoms. The van der Waals surface area contributed by atoms with Gasteiger partial charge in [-0.2, -0.15) is 0 Å². The van der Waals surface area contributed by atoms with Gasteiger partial charge in [0.25, 0.3) is 0 Å². The van der Waals surface area contributed by atoms with Gasteiger partial charge < -0.3 is 30.8 Å². The van der Waals surface area contributed by atoms with Crippen molar-refractivity contribution in [2.45, 2.75) is 30.4 Å². The minimum Gasteiger partial charge on any atom is -0.395 e. The van der Waals surface area contributed by atoms with Gasteiger partial charge in [-0.15, -0.1) is 0 Å². The number of piperidine rings is 1. The van der Waals surface area contributed by atoms with E-state index >= 15 is 0 Å². The third kappa shape index (κ3) is 1.98. The second kappa shape index (κ2) is 4.32. The summed E-state index contributed by atoms with van der Waals surface area (Å²) in [6.07, 6.45) is -3.78. The summed E-state index contributed by atoms with van der Waals surface area (Å²) in [6, 6.07) is -1.42. The number of rotatable bonds is 2. The Kier molecular flexibility index (Phi) is 3.60. The van der Waals surface area contributed by atoms with Crippen LogP contribution in [0.15, 0.2) is 0 Å². The van der Waals surface area contributed by atoms with Crippen molar-refractivity contribution in [2.24, 2.45) is 0 Å². The van der Waals surface area contributed by atoms with Gasteiger partial charge in [-0.3, -0.25) is 0 Å². The Morgan fingerprint density at radius 2 is 1.15 bits per heavy atom. The Morgan fingerprint density at radius 3 is 1.46 bits per heavy atom. The van der Waals surface area contributed by atoms with Gasteiger partial charge in [0.2, 0.25) is 0 Å². The van der Waals surface area contributed by atoms with Crippen LogP contribution in [0.5, 0.6) is 0 Å². The highest BCUT2D eigenvalue weighted by Gasteiger charge is 2.41. The highest BCUT2D eigenvalue weighted by Crippen LogP contribution is 2.14. The van der Waals surface area contributed by atoms with Crippen LogP contribution < -0.4 is 5.32 Å². The Balaban J connectivity index is 2.66. The lowest BCUT2D eigenvalue weighted by molar-refractivity contribution is -0.125. The van der Waals surface area contributed by atoms with E-state index in [2.05, 4.69) is 5.32 Å². The molecule has 0 aliphatic carbocycles. The van der Waals surface area contributed by atoms with E-state index in [1.807, 2.05) is 0 Å². The van der Waals surface area contributed by atoms with E-state index in [1.54, 1.807) is 0 Å². The molecule has 0 aromatic carbocycles. The van der Waals surface area contributed by atoms with E-state index in [0.717, 1.165) is 0 Å². The highest BCUT2D eigenvalue weighted by atomic mass is 16.4. The molecule has 1 aliphatic heterocycles. The number of aliphatic hydroxyl groups is 5. The maximum absolute atomic E-state index is 9.31. The molecule has 1 aliphatic rings. The fraction of sp³-hybridized carbons (Fsp3) is 1.00. The molecule has 0 aromatic heterocycles. The molecule has 6 N–H and O–H groups in total. The van der Waals surface area contributed by atoms with Crippen LogP contribution in [0.4, 0.5) is 0 Å². The highest BCUT2D eigenvalue weighted by molar-refractivity contribution is 4.97. The van der Waals surface area contributed by atoms with Crippen LogP contribution in [0.1, 0.15) is 0 Å². The van der Waals surface area contributed by atoms with Gasteiger partial charge in [0.15, 0.2) is 0 Å². The zero-order valence-corrected chi connectivity index (χ0v) is 7.04. The van der Waals surface area contributed by atoms with Crippen molar-refractivity contribution in [3.05, 3.63) is 0 Å². The molecule has 1 saturated heterocycles. The lowest BCUT2D eigenvalue weighted by Crippen LogP contribution is -2.66. The van der Waals surface area contributed by atoms with E-state index < -0.39 is 30.4 Å². The first-order chi connectivity index (χ1) is 6.11. The van der Waals surface area contributed by atoms with Gasteiger partial charge in [0.1, 0.15) is 6.10 Å².